The quantitative estimate of drug-likeness (QED) is 0.414. The van der Waals surface area contributed by atoms with Crippen LogP contribution in [-0.2, 0) is 23.9 Å². The Bertz CT molecular complexity index is 649. The number of nitrogens with one attached hydrogen (secondary N) is 1. The van der Waals surface area contributed by atoms with E-state index in [-0.39, 0.29) is 29.8 Å². The first-order chi connectivity index (χ1) is 14.5. The molecule has 1 fully saturated rings. The molecule has 1 saturated heterocycles. The SMILES string of the molecule is CCOC(=O)/C(C)=C/[C@H](C(C)C)N(C)C(=O)C(NC(=O)C1CCCCN1C)[C@@H](C)OC. The molecule has 0 aromatic rings. The summed E-state index contributed by atoms with van der Waals surface area (Å²) in [6.07, 6.45) is 4.09. The van der Waals surface area contributed by atoms with Crippen molar-refractivity contribution in [1.82, 2.24) is 15.1 Å². The van der Waals surface area contributed by atoms with Gasteiger partial charge in [0, 0.05) is 19.7 Å². The third-order valence-corrected chi connectivity index (χ3v) is 5.97. The molecular weight excluding hydrogens is 398 g/mol. The number of methoxy groups -OCH3 is 1. The van der Waals surface area contributed by atoms with E-state index in [2.05, 4.69) is 5.32 Å². The number of carbonyl (C=O) groups is 3. The van der Waals surface area contributed by atoms with E-state index in [1.807, 2.05) is 25.8 Å². The van der Waals surface area contributed by atoms with Gasteiger partial charge >= 0.3 is 5.97 Å². The number of hydrogen-bond donors (Lipinski definition) is 1. The van der Waals surface area contributed by atoms with Crippen LogP contribution in [0.1, 0.15) is 53.9 Å². The van der Waals surface area contributed by atoms with Crippen LogP contribution in [0.5, 0.6) is 0 Å². The molecule has 0 radical (unpaired) electrons. The Hall–Kier alpha value is -1.93. The van der Waals surface area contributed by atoms with Crippen molar-refractivity contribution in [2.24, 2.45) is 5.92 Å². The first-order valence-corrected chi connectivity index (χ1v) is 11.2. The van der Waals surface area contributed by atoms with Crippen molar-refractivity contribution in [3.05, 3.63) is 11.6 Å². The second kappa shape index (κ2) is 12.8. The van der Waals surface area contributed by atoms with E-state index in [4.69, 9.17) is 9.47 Å². The normalized spacial score (nSPS) is 20.7. The lowest BCUT2D eigenvalue weighted by Crippen LogP contribution is -2.59. The number of likely N-dealkylation sites (N-methyl/N-ethyl adjacent to an activating group) is 2. The highest BCUT2D eigenvalue weighted by Gasteiger charge is 2.35. The topological polar surface area (TPSA) is 88.2 Å². The molecule has 178 valence electrons. The number of likely N-dealkylation sites (tertiary alicyclic amines) is 1. The zero-order valence-electron chi connectivity index (χ0n) is 20.4. The molecule has 0 aliphatic carbocycles. The number of esters is 1. The van der Waals surface area contributed by atoms with Crippen molar-refractivity contribution in [3.63, 3.8) is 0 Å². The van der Waals surface area contributed by atoms with E-state index < -0.39 is 18.1 Å². The summed E-state index contributed by atoms with van der Waals surface area (Å²) in [5, 5.41) is 2.93. The van der Waals surface area contributed by atoms with Gasteiger partial charge in [-0.3, -0.25) is 14.5 Å². The standard InChI is InChI=1S/C23H41N3O5/c1-9-31-23(29)16(4)14-19(15(2)3)26(7)22(28)20(17(5)30-8)24-21(27)18-12-10-11-13-25(18)6/h14-15,17-20H,9-13H2,1-8H3,(H,24,27)/b16-14+/t17-,18?,19-,20?/m1/s1. The Labute approximate surface area is 187 Å². The van der Waals surface area contributed by atoms with Crippen molar-refractivity contribution in [3.8, 4) is 0 Å². The van der Waals surface area contributed by atoms with Crippen LogP contribution < -0.4 is 5.32 Å². The van der Waals surface area contributed by atoms with Crippen molar-refractivity contribution in [1.29, 1.82) is 0 Å². The molecule has 8 nitrogen and oxygen atoms in total. The minimum Gasteiger partial charge on any atom is -0.463 e. The zero-order valence-corrected chi connectivity index (χ0v) is 20.4. The molecule has 1 N–H and O–H groups in total. The number of carbonyl (C=O) groups excluding carboxylic acids is 3. The van der Waals surface area contributed by atoms with Gasteiger partial charge in [0.05, 0.1) is 24.8 Å². The van der Waals surface area contributed by atoms with Crippen LogP contribution in [0.25, 0.3) is 0 Å². The second-order valence-corrected chi connectivity index (χ2v) is 8.67. The highest BCUT2D eigenvalue weighted by Crippen LogP contribution is 2.18. The molecule has 2 unspecified atom stereocenters. The highest BCUT2D eigenvalue weighted by atomic mass is 16.5. The van der Waals surface area contributed by atoms with Gasteiger partial charge in [0.2, 0.25) is 11.8 Å². The molecule has 1 heterocycles. The Balaban J connectivity index is 3.06. The summed E-state index contributed by atoms with van der Waals surface area (Å²) in [6, 6.07) is -1.40. The van der Waals surface area contributed by atoms with Gasteiger partial charge in [-0.1, -0.05) is 26.3 Å². The van der Waals surface area contributed by atoms with E-state index >= 15 is 0 Å². The van der Waals surface area contributed by atoms with E-state index in [1.54, 1.807) is 38.8 Å². The molecule has 0 spiro atoms. The van der Waals surface area contributed by atoms with Gasteiger partial charge in [-0.25, -0.2) is 4.79 Å². The average molecular weight is 440 g/mol. The molecule has 1 aliphatic rings. The lowest BCUT2D eigenvalue weighted by molar-refractivity contribution is -0.142. The number of hydrogen-bond acceptors (Lipinski definition) is 6. The molecule has 0 bridgehead atoms. The highest BCUT2D eigenvalue weighted by molar-refractivity contribution is 5.91. The van der Waals surface area contributed by atoms with E-state index in [9.17, 15) is 14.4 Å². The summed E-state index contributed by atoms with van der Waals surface area (Å²) in [6.45, 7) is 10.3. The minimum absolute atomic E-state index is 0.0528. The fourth-order valence-electron chi connectivity index (χ4n) is 3.86. The van der Waals surface area contributed by atoms with E-state index in [0.717, 1.165) is 25.8 Å². The lowest BCUT2D eigenvalue weighted by atomic mass is 9.98. The molecule has 0 aromatic heterocycles. The van der Waals surface area contributed by atoms with Gasteiger partial charge in [0.25, 0.3) is 0 Å². The van der Waals surface area contributed by atoms with Gasteiger partial charge in [0.15, 0.2) is 0 Å². The van der Waals surface area contributed by atoms with Crippen molar-refractivity contribution >= 4 is 17.8 Å². The molecule has 0 aromatic carbocycles. The Kier molecular flexibility index (Phi) is 11.2. The summed E-state index contributed by atoms with van der Waals surface area (Å²) in [5.74, 6) is -0.758. The molecule has 1 aliphatic heterocycles. The van der Waals surface area contributed by atoms with Crippen LogP contribution in [0.3, 0.4) is 0 Å². The van der Waals surface area contributed by atoms with Gasteiger partial charge in [-0.05, 0) is 53.1 Å². The van der Waals surface area contributed by atoms with Crippen LogP contribution >= 0.6 is 0 Å². The number of nitrogens with zero attached hydrogens (tertiary/aromatic N) is 2. The smallest absolute Gasteiger partial charge is 0.333 e. The number of piperidine rings is 1. The summed E-state index contributed by atoms with van der Waals surface area (Å²) in [7, 11) is 5.15. The molecule has 4 atom stereocenters. The van der Waals surface area contributed by atoms with Crippen LogP contribution in [0, 0.1) is 5.92 Å². The van der Waals surface area contributed by atoms with E-state index in [0.29, 0.717) is 12.2 Å². The maximum Gasteiger partial charge on any atom is 0.333 e. The Morgan fingerprint density at radius 1 is 1.23 bits per heavy atom. The Morgan fingerprint density at radius 2 is 1.87 bits per heavy atom. The summed E-state index contributed by atoms with van der Waals surface area (Å²) in [5.41, 5.74) is 0.449. The Morgan fingerprint density at radius 3 is 2.39 bits per heavy atom. The summed E-state index contributed by atoms with van der Waals surface area (Å²) < 4.78 is 10.5. The molecule has 8 heteroatoms. The lowest BCUT2D eigenvalue weighted by Gasteiger charge is -2.36. The molecule has 31 heavy (non-hydrogen) atoms. The van der Waals surface area contributed by atoms with Gasteiger partial charge in [0.1, 0.15) is 6.04 Å². The third kappa shape index (κ3) is 7.61. The molecule has 0 saturated carbocycles. The van der Waals surface area contributed by atoms with Crippen LogP contribution in [0.15, 0.2) is 11.6 Å². The largest absolute Gasteiger partial charge is 0.463 e. The molecular formula is C23H41N3O5. The molecule has 1 rings (SSSR count). The van der Waals surface area contributed by atoms with E-state index in [1.165, 1.54) is 7.11 Å². The van der Waals surface area contributed by atoms with Gasteiger partial charge < -0.3 is 19.7 Å². The number of rotatable bonds is 10. The average Bonchev–Trinajstić information content (AvgIpc) is 2.74. The minimum atomic E-state index is -0.824. The maximum atomic E-state index is 13.4. The first kappa shape index (κ1) is 27.1. The third-order valence-electron chi connectivity index (χ3n) is 5.97. The zero-order chi connectivity index (χ0) is 23.7. The monoisotopic (exact) mass is 439 g/mol. The number of ether oxygens (including phenoxy) is 2. The van der Waals surface area contributed by atoms with Gasteiger partial charge in [-0.2, -0.15) is 0 Å². The van der Waals surface area contributed by atoms with Crippen molar-refractivity contribution in [2.45, 2.75) is 78.1 Å². The fourth-order valence-corrected chi connectivity index (χ4v) is 3.86. The number of amides is 2. The van der Waals surface area contributed by atoms with Gasteiger partial charge in [-0.15, -0.1) is 0 Å². The van der Waals surface area contributed by atoms with Crippen LogP contribution in [0.2, 0.25) is 0 Å². The predicted octanol–water partition coefficient (Wildman–Crippen LogP) is 1.98. The second-order valence-electron chi connectivity index (χ2n) is 8.67. The maximum absolute atomic E-state index is 13.4. The van der Waals surface area contributed by atoms with Crippen molar-refractivity contribution in [2.75, 3.05) is 34.4 Å². The summed E-state index contributed by atoms with van der Waals surface area (Å²) in [4.78, 5) is 42.1. The molecule has 2 amide bonds. The summed E-state index contributed by atoms with van der Waals surface area (Å²) >= 11 is 0. The van der Waals surface area contributed by atoms with Crippen LogP contribution in [-0.4, -0.2) is 86.2 Å². The first-order valence-electron chi connectivity index (χ1n) is 11.2. The van der Waals surface area contributed by atoms with Crippen molar-refractivity contribution < 1.29 is 23.9 Å². The fraction of sp³-hybridized carbons (Fsp3) is 0.783. The van der Waals surface area contributed by atoms with Crippen LogP contribution in [0.4, 0.5) is 0 Å². The predicted molar refractivity (Wildman–Crippen MR) is 120 cm³/mol.